The van der Waals surface area contributed by atoms with Crippen molar-refractivity contribution >= 4 is 17.0 Å². The average Bonchev–Trinajstić information content (AvgIpc) is 3.21. The molecule has 0 unspecified atom stereocenters. The molecule has 3 heterocycles. The number of fused-ring (bicyclic) bond motifs is 1. The third-order valence-electron chi connectivity index (χ3n) is 6.41. The Morgan fingerprint density at radius 3 is 2.52 bits per heavy atom. The van der Waals surface area contributed by atoms with Crippen LogP contribution in [0.3, 0.4) is 0 Å². The van der Waals surface area contributed by atoms with Crippen molar-refractivity contribution in [1.82, 2.24) is 19.4 Å². The van der Waals surface area contributed by atoms with Gasteiger partial charge < -0.3 is 14.8 Å². The maximum atomic E-state index is 9.08. The molecule has 0 spiro atoms. The monoisotopic (exact) mass is 436 g/mol. The van der Waals surface area contributed by atoms with Gasteiger partial charge in [0.2, 0.25) is 5.95 Å². The standard InChI is InChI=1S/C27H28N6/c28-19-21-8-10-22(11-9-21)20-33-26-7-2-1-6-25(26)31-27(33)30-24-13-17-32(18-14-24)16-12-23-5-3-4-15-29-23/h1-11,15,24H,12-14,16-18,20H2,(H,30,31). The third-order valence-corrected chi connectivity index (χ3v) is 6.41. The highest BCUT2D eigenvalue weighted by Gasteiger charge is 2.21. The number of para-hydroxylation sites is 2. The number of rotatable bonds is 7. The largest absolute Gasteiger partial charge is 0.353 e. The van der Waals surface area contributed by atoms with E-state index in [2.05, 4.69) is 56.2 Å². The summed E-state index contributed by atoms with van der Waals surface area (Å²) in [6.45, 7) is 3.94. The van der Waals surface area contributed by atoms with Crippen LogP contribution in [0.4, 0.5) is 5.95 Å². The second kappa shape index (κ2) is 9.85. The van der Waals surface area contributed by atoms with E-state index in [-0.39, 0.29) is 0 Å². The molecule has 6 heteroatoms. The first-order valence-electron chi connectivity index (χ1n) is 11.6. The van der Waals surface area contributed by atoms with Crippen LogP contribution in [0.2, 0.25) is 0 Å². The molecule has 6 nitrogen and oxygen atoms in total. The lowest BCUT2D eigenvalue weighted by Gasteiger charge is -2.32. The predicted octanol–water partition coefficient (Wildman–Crippen LogP) is 4.47. The summed E-state index contributed by atoms with van der Waals surface area (Å²) in [5, 5.41) is 12.8. The molecule has 0 aliphatic carbocycles. The molecule has 0 radical (unpaired) electrons. The van der Waals surface area contributed by atoms with Gasteiger partial charge in [0.15, 0.2) is 0 Å². The molecule has 1 N–H and O–H groups in total. The average molecular weight is 437 g/mol. The molecule has 1 saturated heterocycles. The van der Waals surface area contributed by atoms with Crippen molar-refractivity contribution in [2.45, 2.75) is 31.8 Å². The van der Waals surface area contributed by atoms with Crippen LogP contribution < -0.4 is 5.32 Å². The van der Waals surface area contributed by atoms with E-state index in [9.17, 15) is 0 Å². The van der Waals surface area contributed by atoms with Crippen LogP contribution in [0.15, 0.2) is 72.9 Å². The first-order valence-corrected chi connectivity index (χ1v) is 11.6. The minimum Gasteiger partial charge on any atom is -0.353 e. The number of piperidine rings is 1. The van der Waals surface area contributed by atoms with Gasteiger partial charge in [0.25, 0.3) is 0 Å². The fourth-order valence-electron chi connectivity index (χ4n) is 4.52. The van der Waals surface area contributed by atoms with Crippen molar-refractivity contribution < 1.29 is 0 Å². The molecule has 1 aliphatic rings. The zero-order valence-electron chi connectivity index (χ0n) is 18.7. The van der Waals surface area contributed by atoms with Crippen molar-refractivity contribution in [3.05, 3.63) is 89.7 Å². The van der Waals surface area contributed by atoms with E-state index in [0.29, 0.717) is 11.6 Å². The third kappa shape index (κ3) is 5.05. The minimum absolute atomic E-state index is 0.410. The summed E-state index contributed by atoms with van der Waals surface area (Å²) >= 11 is 0. The number of nitrogens with zero attached hydrogens (tertiary/aromatic N) is 5. The first-order chi connectivity index (χ1) is 16.3. The van der Waals surface area contributed by atoms with E-state index in [1.807, 2.05) is 42.6 Å². The molecule has 5 rings (SSSR count). The fourth-order valence-corrected chi connectivity index (χ4v) is 4.52. The summed E-state index contributed by atoms with van der Waals surface area (Å²) in [5.74, 6) is 0.924. The van der Waals surface area contributed by atoms with Crippen LogP contribution in [0.25, 0.3) is 11.0 Å². The number of aromatic nitrogens is 3. The lowest BCUT2D eigenvalue weighted by Crippen LogP contribution is -2.40. The molecule has 4 aromatic rings. The molecule has 0 atom stereocenters. The van der Waals surface area contributed by atoms with Crippen LogP contribution >= 0.6 is 0 Å². The molecule has 1 aliphatic heterocycles. The van der Waals surface area contributed by atoms with E-state index in [0.717, 1.165) is 73.7 Å². The molecule has 2 aromatic heterocycles. The zero-order chi connectivity index (χ0) is 22.5. The Morgan fingerprint density at radius 2 is 1.76 bits per heavy atom. The number of imidazole rings is 1. The SMILES string of the molecule is N#Cc1ccc(Cn2c(NC3CCN(CCc4ccccn4)CC3)nc3ccccc32)cc1. The van der Waals surface area contributed by atoms with Gasteiger partial charge in [-0.3, -0.25) is 4.98 Å². The smallest absolute Gasteiger partial charge is 0.204 e. The number of nitriles is 1. The molecule has 0 bridgehead atoms. The van der Waals surface area contributed by atoms with Gasteiger partial charge in [-0.25, -0.2) is 4.98 Å². The number of likely N-dealkylation sites (tertiary alicyclic amines) is 1. The van der Waals surface area contributed by atoms with Crippen LogP contribution in [-0.4, -0.2) is 45.1 Å². The fraction of sp³-hybridized carbons (Fsp3) is 0.296. The number of nitrogens with one attached hydrogen (secondary N) is 1. The van der Waals surface area contributed by atoms with Crippen LogP contribution in [0.5, 0.6) is 0 Å². The van der Waals surface area contributed by atoms with E-state index in [4.69, 9.17) is 10.2 Å². The Kier molecular flexibility index (Phi) is 6.32. The molecule has 1 fully saturated rings. The number of hydrogen-bond acceptors (Lipinski definition) is 5. The maximum absolute atomic E-state index is 9.08. The minimum atomic E-state index is 0.410. The summed E-state index contributed by atoms with van der Waals surface area (Å²) in [6, 6.07) is 24.8. The molecule has 166 valence electrons. The van der Waals surface area contributed by atoms with Crippen LogP contribution in [-0.2, 0) is 13.0 Å². The van der Waals surface area contributed by atoms with E-state index >= 15 is 0 Å². The lowest BCUT2D eigenvalue weighted by atomic mass is 10.0. The summed E-state index contributed by atoms with van der Waals surface area (Å²) in [5.41, 5.74) is 5.12. The number of hydrogen-bond donors (Lipinski definition) is 1. The number of anilines is 1. The van der Waals surface area contributed by atoms with Gasteiger partial charge in [0.1, 0.15) is 0 Å². The quantitative estimate of drug-likeness (QED) is 0.463. The zero-order valence-corrected chi connectivity index (χ0v) is 18.7. The van der Waals surface area contributed by atoms with Crippen molar-refractivity contribution in [2.24, 2.45) is 0 Å². The maximum Gasteiger partial charge on any atom is 0.204 e. The predicted molar refractivity (Wildman–Crippen MR) is 131 cm³/mol. The molecular weight excluding hydrogens is 408 g/mol. The molecule has 2 aromatic carbocycles. The van der Waals surface area contributed by atoms with Crippen LogP contribution in [0, 0.1) is 11.3 Å². The van der Waals surface area contributed by atoms with Gasteiger partial charge in [0, 0.05) is 44.0 Å². The van der Waals surface area contributed by atoms with Gasteiger partial charge in [-0.2, -0.15) is 5.26 Å². The summed E-state index contributed by atoms with van der Waals surface area (Å²) in [7, 11) is 0. The van der Waals surface area contributed by atoms with Crippen molar-refractivity contribution in [3.8, 4) is 6.07 Å². The molecular formula is C27H28N6. The van der Waals surface area contributed by atoms with Gasteiger partial charge in [-0.05, 0) is 54.8 Å². The summed E-state index contributed by atoms with van der Waals surface area (Å²) in [4.78, 5) is 11.9. The molecule has 0 amide bonds. The Hall–Kier alpha value is -3.69. The normalized spacial score (nSPS) is 14.9. The highest BCUT2D eigenvalue weighted by atomic mass is 15.2. The number of benzene rings is 2. The Bertz CT molecular complexity index is 1230. The second-order valence-electron chi connectivity index (χ2n) is 8.65. The van der Waals surface area contributed by atoms with E-state index < -0.39 is 0 Å². The Morgan fingerprint density at radius 1 is 0.970 bits per heavy atom. The van der Waals surface area contributed by atoms with Gasteiger partial charge in [-0.1, -0.05) is 30.3 Å². The highest BCUT2D eigenvalue weighted by Crippen LogP contribution is 2.24. The molecule has 33 heavy (non-hydrogen) atoms. The highest BCUT2D eigenvalue weighted by molar-refractivity contribution is 5.78. The van der Waals surface area contributed by atoms with Crippen molar-refractivity contribution in [2.75, 3.05) is 25.0 Å². The second-order valence-corrected chi connectivity index (χ2v) is 8.65. The first kappa shape index (κ1) is 21.2. The van der Waals surface area contributed by atoms with E-state index in [1.165, 1.54) is 0 Å². The lowest BCUT2D eigenvalue weighted by molar-refractivity contribution is 0.220. The van der Waals surface area contributed by atoms with Crippen molar-refractivity contribution in [3.63, 3.8) is 0 Å². The summed E-state index contributed by atoms with van der Waals surface area (Å²) in [6.07, 6.45) is 5.07. The van der Waals surface area contributed by atoms with Crippen molar-refractivity contribution in [1.29, 1.82) is 5.26 Å². The van der Waals surface area contributed by atoms with Crippen LogP contribution in [0.1, 0.15) is 29.7 Å². The topological polar surface area (TPSA) is 69.8 Å². The van der Waals surface area contributed by atoms with E-state index in [1.54, 1.807) is 0 Å². The van der Waals surface area contributed by atoms with Gasteiger partial charge >= 0.3 is 0 Å². The van der Waals surface area contributed by atoms with Gasteiger partial charge in [0.05, 0.1) is 29.2 Å². The Balaban J connectivity index is 1.25. The molecule has 0 saturated carbocycles. The Labute approximate surface area is 194 Å². The number of pyridine rings is 1. The van der Waals surface area contributed by atoms with Gasteiger partial charge in [-0.15, -0.1) is 0 Å². The summed E-state index contributed by atoms with van der Waals surface area (Å²) < 4.78 is 2.25.